The lowest BCUT2D eigenvalue weighted by atomic mass is 9.72. The van der Waals surface area contributed by atoms with Crippen molar-refractivity contribution < 1.29 is 0 Å². The second kappa shape index (κ2) is 4.42. The van der Waals surface area contributed by atoms with Gasteiger partial charge < -0.3 is 5.32 Å². The lowest BCUT2D eigenvalue weighted by Gasteiger charge is -2.44. The molecule has 1 saturated carbocycles. The number of nitrogens with zero attached hydrogens (tertiary/aromatic N) is 1. The number of hydrogen-bond acceptors (Lipinski definition) is 2. The van der Waals surface area contributed by atoms with Gasteiger partial charge in [0.2, 0.25) is 0 Å². The Morgan fingerprint density at radius 1 is 1.20 bits per heavy atom. The summed E-state index contributed by atoms with van der Waals surface area (Å²) in [6.45, 7) is 7.53. The van der Waals surface area contributed by atoms with E-state index in [1.165, 1.54) is 45.2 Å². The first-order valence-corrected chi connectivity index (χ1v) is 6.54. The Bertz CT molecular complexity index is 205. The minimum Gasteiger partial charge on any atom is -0.315 e. The molecule has 2 nitrogen and oxygen atoms in total. The molecule has 15 heavy (non-hydrogen) atoms. The Morgan fingerprint density at radius 3 is 2.47 bits per heavy atom. The van der Waals surface area contributed by atoms with Crippen LogP contribution < -0.4 is 5.32 Å². The Kier molecular flexibility index (Phi) is 3.36. The fraction of sp³-hybridized carbons (Fsp3) is 1.00. The third-order valence-corrected chi connectivity index (χ3v) is 4.34. The highest BCUT2D eigenvalue weighted by molar-refractivity contribution is 4.94. The maximum Gasteiger partial charge on any atom is 0.0254 e. The van der Waals surface area contributed by atoms with Crippen molar-refractivity contribution >= 4 is 0 Å². The molecule has 1 aliphatic carbocycles. The van der Waals surface area contributed by atoms with E-state index in [0.717, 1.165) is 12.1 Å². The van der Waals surface area contributed by atoms with E-state index < -0.39 is 0 Å². The highest BCUT2D eigenvalue weighted by Gasteiger charge is 2.37. The van der Waals surface area contributed by atoms with Crippen LogP contribution in [0, 0.1) is 5.41 Å². The Labute approximate surface area is 94.4 Å². The van der Waals surface area contributed by atoms with Gasteiger partial charge in [0.25, 0.3) is 0 Å². The largest absolute Gasteiger partial charge is 0.315 e. The van der Waals surface area contributed by atoms with Gasteiger partial charge in [0.1, 0.15) is 0 Å². The van der Waals surface area contributed by atoms with Gasteiger partial charge in [0, 0.05) is 12.1 Å². The smallest absolute Gasteiger partial charge is 0.0254 e. The molecule has 0 aromatic carbocycles. The molecule has 1 heterocycles. The van der Waals surface area contributed by atoms with Gasteiger partial charge in [-0.3, -0.25) is 4.90 Å². The van der Waals surface area contributed by atoms with Crippen molar-refractivity contribution in [2.24, 2.45) is 5.41 Å². The molecular formula is C13H26N2. The summed E-state index contributed by atoms with van der Waals surface area (Å²) in [4.78, 5) is 2.72. The van der Waals surface area contributed by atoms with Crippen LogP contribution in [0.5, 0.6) is 0 Å². The zero-order valence-electron chi connectivity index (χ0n) is 10.6. The molecule has 0 radical (unpaired) electrons. The summed E-state index contributed by atoms with van der Waals surface area (Å²) in [6, 6.07) is 1.53. The van der Waals surface area contributed by atoms with Crippen molar-refractivity contribution in [1.29, 1.82) is 0 Å². The molecule has 2 rings (SSSR count). The second-order valence-corrected chi connectivity index (χ2v) is 6.11. The van der Waals surface area contributed by atoms with Gasteiger partial charge in [0.05, 0.1) is 0 Å². The number of rotatable bonds is 2. The first-order valence-electron chi connectivity index (χ1n) is 6.54. The summed E-state index contributed by atoms with van der Waals surface area (Å²) >= 11 is 0. The fourth-order valence-corrected chi connectivity index (χ4v) is 3.34. The molecule has 0 spiro atoms. The van der Waals surface area contributed by atoms with E-state index in [1.807, 2.05) is 0 Å². The highest BCUT2D eigenvalue weighted by Crippen LogP contribution is 2.38. The molecule has 1 aliphatic heterocycles. The van der Waals surface area contributed by atoms with Crippen LogP contribution in [-0.4, -0.2) is 37.1 Å². The fourth-order valence-electron chi connectivity index (χ4n) is 3.34. The summed E-state index contributed by atoms with van der Waals surface area (Å²) in [6.07, 6.45) is 6.92. The van der Waals surface area contributed by atoms with Crippen molar-refractivity contribution in [2.45, 2.75) is 58.0 Å². The molecule has 2 unspecified atom stereocenters. The number of likely N-dealkylation sites (N-methyl/N-ethyl adjacent to an activating group) is 1. The van der Waals surface area contributed by atoms with E-state index in [-0.39, 0.29) is 0 Å². The lowest BCUT2D eigenvalue weighted by Crippen LogP contribution is -2.53. The Morgan fingerprint density at radius 2 is 1.87 bits per heavy atom. The van der Waals surface area contributed by atoms with E-state index in [2.05, 4.69) is 31.1 Å². The maximum atomic E-state index is 3.53. The number of likely N-dealkylation sites (tertiary alicyclic amines) is 1. The number of hydrogen-bond donors (Lipinski definition) is 1. The molecule has 0 aromatic rings. The first-order chi connectivity index (χ1) is 7.12. The van der Waals surface area contributed by atoms with Crippen molar-refractivity contribution in [1.82, 2.24) is 10.2 Å². The predicted molar refractivity (Wildman–Crippen MR) is 65.1 cm³/mol. The molecule has 0 bridgehead atoms. The predicted octanol–water partition coefficient (Wildman–Crippen LogP) is 2.25. The van der Waals surface area contributed by atoms with Gasteiger partial charge in [-0.05, 0) is 57.7 Å². The minimum absolute atomic E-state index is 0.556. The quantitative estimate of drug-likeness (QED) is 0.752. The zero-order valence-corrected chi connectivity index (χ0v) is 10.6. The van der Waals surface area contributed by atoms with Crippen molar-refractivity contribution in [2.75, 3.05) is 20.1 Å². The summed E-state index contributed by atoms with van der Waals surface area (Å²) < 4.78 is 0. The summed E-state index contributed by atoms with van der Waals surface area (Å²) in [5.74, 6) is 0. The summed E-state index contributed by atoms with van der Waals surface area (Å²) in [5.41, 5.74) is 0.556. The van der Waals surface area contributed by atoms with Crippen LogP contribution in [0.2, 0.25) is 0 Å². The van der Waals surface area contributed by atoms with Crippen molar-refractivity contribution in [3.05, 3.63) is 0 Å². The van der Waals surface area contributed by atoms with Gasteiger partial charge in [-0.1, -0.05) is 13.8 Å². The lowest BCUT2D eigenvalue weighted by molar-refractivity contribution is 0.0838. The molecular weight excluding hydrogens is 184 g/mol. The first kappa shape index (κ1) is 11.4. The van der Waals surface area contributed by atoms with E-state index in [9.17, 15) is 0 Å². The van der Waals surface area contributed by atoms with Gasteiger partial charge in [-0.15, -0.1) is 0 Å². The molecule has 2 fully saturated rings. The standard InChI is InChI=1S/C13H26N2/c1-13(2)7-6-11(14-3)12(10-13)15-8-4-5-9-15/h11-12,14H,4-10H2,1-3H3. The molecule has 0 aromatic heterocycles. The van der Waals surface area contributed by atoms with Crippen LogP contribution >= 0.6 is 0 Å². The van der Waals surface area contributed by atoms with Crippen LogP contribution in [0.15, 0.2) is 0 Å². The van der Waals surface area contributed by atoms with Crippen LogP contribution in [0.25, 0.3) is 0 Å². The van der Waals surface area contributed by atoms with Crippen LogP contribution in [0.3, 0.4) is 0 Å². The van der Waals surface area contributed by atoms with Gasteiger partial charge >= 0.3 is 0 Å². The molecule has 2 heteroatoms. The molecule has 2 aliphatic rings. The molecule has 1 N–H and O–H groups in total. The monoisotopic (exact) mass is 210 g/mol. The van der Waals surface area contributed by atoms with E-state index in [4.69, 9.17) is 0 Å². The van der Waals surface area contributed by atoms with Gasteiger partial charge in [-0.2, -0.15) is 0 Å². The highest BCUT2D eigenvalue weighted by atomic mass is 15.2. The molecule has 1 saturated heterocycles. The van der Waals surface area contributed by atoms with Gasteiger partial charge in [0.15, 0.2) is 0 Å². The SMILES string of the molecule is CNC1CCC(C)(C)CC1N1CCCC1. The molecule has 88 valence electrons. The molecule has 2 atom stereocenters. The normalized spacial score (nSPS) is 37.0. The van der Waals surface area contributed by atoms with Crippen LogP contribution in [-0.2, 0) is 0 Å². The second-order valence-electron chi connectivity index (χ2n) is 6.11. The summed E-state index contributed by atoms with van der Waals surface area (Å²) in [5, 5.41) is 3.53. The van der Waals surface area contributed by atoms with Crippen LogP contribution in [0.4, 0.5) is 0 Å². The average molecular weight is 210 g/mol. The van der Waals surface area contributed by atoms with Crippen LogP contribution in [0.1, 0.15) is 46.0 Å². The third kappa shape index (κ3) is 2.54. The topological polar surface area (TPSA) is 15.3 Å². The molecule has 0 amide bonds. The Hall–Kier alpha value is -0.0800. The van der Waals surface area contributed by atoms with E-state index >= 15 is 0 Å². The zero-order chi connectivity index (χ0) is 10.9. The number of nitrogens with one attached hydrogen (secondary N) is 1. The van der Waals surface area contributed by atoms with Gasteiger partial charge in [-0.25, -0.2) is 0 Å². The van der Waals surface area contributed by atoms with Crippen molar-refractivity contribution in [3.63, 3.8) is 0 Å². The van der Waals surface area contributed by atoms with E-state index in [0.29, 0.717) is 5.41 Å². The van der Waals surface area contributed by atoms with Crippen molar-refractivity contribution in [3.8, 4) is 0 Å². The average Bonchev–Trinajstić information content (AvgIpc) is 2.69. The Balaban J connectivity index is 2.03. The summed E-state index contributed by atoms with van der Waals surface area (Å²) in [7, 11) is 2.13. The maximum absolute atomic E-state index is 3.53. The third-order valence-electron chi connectivity index (χ3n) is 4.34. The minimum atomic E-state index is 0.556. The van der Waals surface area contributed by atoms with E-state index in [1.54, 1.807) is 0 Å².